The van der Waals surface area contributed by atoms with Gasteiger partial charge in [-0.15, -0.1) is 0 Å². The average Bonchev–Trinajstić information content (AvgIpc) is 2.45. The van der Waals surface area contributed by atoms with E-state index in [9.17, 15) is 4.39 Å². The molecule has 2 rings (SSSR count). The van der Waals surface area contributed by atoms with Gasteiger partial charge in [-0.1, -0.05) is 19.1 Å². The van der Waals surface area contributed by atoms with Crippen LogP contribution >= 0.6 is 0 Å². The summed E-state index contributed by atoms with van der Waals surface area (Å²) in [5, 5.41) is 3.35. The summed E-state index contributed by atoms with van der Waals surface area (Å²) in [5.41, 5.74) is 2.89. The number of hydrogen-bond acceptors (Lipinski definition) is 3. The van der Waals surface area contributed by atoms with E-state index in [0.29, 0.717) is 0 Å². The molecule has 0 fully saturated rings. The standard InChI is InChI=1S/C16H19FN2O/c1-4-19-16(12-8-13(17)10-18-9-12)14-6-5-11(2)7-15(14)20-3/h5-10,16,19H,4H2,1-3H3. The number of aromatic nitrogens is 1. The zero-order valence-corrected chi connectivity index (χ0v) is 12.0. The van der Waals surface area contributed by atoms with Gasteiger partial charge >= 0.3 is 0 Å². The van der Waals surface area contributed by atoms with Gasteiger partial charge in [0, 0.05) is 11.8 Å². The first-order chi connectivity index (χ1) is 9.65. The van der Waals surface area contributed by atoms with Crippen LogP contribution in [-0.2, 0) is 0 Å². The molecule has 1 aromatic heterocycles. The molecule has 1 heterocycles. The Kier molecular flexibility index (Phi) is 4.69. The third-order valence-electron chi connectivity index (χ3n) is 3.17. The molecule has 2 aromatic rings. The van der Waals surface area contributed by atoms with Gasteiger partial charge in [0.1, 0.15) is 11.6 Å². The van der Waals surface area contributed by atoms with Crippen LogP contribution in [0.5, 0.6) is 5.75 Å². The van der Waals surface area contributed by atoms with Gasteiger partial charge in [-0.05, 0) is 36.7 Å². The van der Waals surface area contributed by atoms with Crippen LogP contribution in [-0.4, -0.2) is 18.6 Å². The maximum Gasteiger partial charge on any atom is 0.141 e. The van der Waals surface area contributed by atoms with Gasteiger partial charge in [0.2, 0.25) is 0 Å². The maximum absolute atomic E-state index is 13.4. The SMILES string of the molecule is CCNC(c1cncc(F)c1)c1ccc(C)cc1OC. The Hall–Kier alpha value is -1.94. The molecule has 1 N–H and O–H groups in total. The lowest BCUT2D eigenvalue weighted by atomic mass is 9.98. The molecule has 4 heteroatoms. The predicted molar refractivity (Wildman–Crippen MR) is 77.4 cm³/mol. The van der Waals surface area contributed by atoms with Crippen LogP contribution in [0, 0.1) is 12.7 Å². The van der Waals surface area contributed by atoms with Gasteiger partial charge in [-0.2, -0.15) is 0 Å². The Labute approximate surface area is 118 Å². The molecule has 1 aromatic carbocycles. The van der Waals surface area contributed by atoms with E-state index in [1.54, 1.807) is 13.3 Å². The van der Waals surface area contributed by atoms with Crippen molar-refractivity contribution in [2.24, 2.45) is 0 Å². The topological polar surface area (TPSA) is 34.2 Å². The maximum atomic E-state index is 13.4. The number of aryl methyl sites for hydroxylation is 1. The number of rotatable bonds is 5. The Bertz CT molecular complexity index is 586. The summed E-state index contributed by atoms with van der Waals surface area (Å²) in [7, 11) is 1.64. The predicted octanol–water partition coefficient (Wildman–Crippen LogP) is 3.24. The molecule has 0 aliphatic carbocycles. The molecule has 20 heavy (non-hydrogen) atoms. The summed E-state index contributed by atoms with van der Waals surface area (Å²) in [6.07, 6.45) is 2.88. The molecule has 1 unspecified atom stereocenters. The fraction of sp³-hybridized carbons (Fsp3) is 0.312. The van der Waals surface area contributed by atoms with E-state index in [-0.39, 0.29) is 11.9 Å². The first-order valence-electron chi connectivity index (χ1n) is 6.64. The summed E-state index contributed by atoms with van der Waals surface area (Å²) in [5.74, 6) is 0.455. The van der Waals surface area contributed by atoms with Crippen molar-refractivity contribution < 1.29 is 9.13 Å². The van der Waals surface area contributed by atoms with E-state index in [2.05, 4.69) is 10.3 Å². The summed E-state index contributed by atoms with van der Waals surface area (Å²) in [6, 6.07) is 7.37. The molecule has 0 aliphatic rings. The molecule has 0 saturated carbocycles. The van der Waals surface area contributed by atoms with Crippen molar-refractivity contribution in [1.29, 1.82) is 0 Å². The van der Waals surface area contributed by atoms with Crippen LogP contribution < -0.4 is 10.1 Å². The highest BCUT2D eigenvalue weighted by Crippen LogP contribution is 2.30. The number of ether oxygens (including phenoxy) is 1. The lowest BCUT2D eigenvalue weighted by Gasteiger charge is -2.21. The van der Waals surface area contributed by atoms with Gasteiger partial charge in [0.05, 0.1) is 19.3 Å². The van der Waals surface area contributed by atoms with Crippen molar-refractivity contribution in [2.75, 3.05) is 13.7 Å². The molecule has 0 amide bonds. The van der Waals surface area contributed by atoms with Gasteiger partial charge in [-0.25, -0.2) is 4.39 Å². The van der Waals surface area contributed by atoms with Crippen molar-refractivity contribution in [3.8, 4) is 5.75 Å². The van der Waals surface area contributed by atoms with Crippen LogP contribution in [0.15, 0.2) is 36.7 Å². The molecule has 106 valence electrons. The first-order valence-corrected chi connectivity index (χ1v) is 6.64. The summed E-state index contributed by atoms with van der Waals surface area (Å²) in [6.45, 7) is 4.79. The number of halogens is 1. The van der Waals surface area contributed by atoms with Gasteiger partial charge < -0.3 is 10.1 Å². The van der Waals surface area contributed by atoms with E-state index < -0.39 is 0 Å². The quantitative estimate of drug-likeness (QED) is 0.909. The average molecular weight is 274 g/mol. The van der Waals surface area contributed by atoms with E-state index in [1.807, 2.05) is 32.0 Å². The van der Waals surface area contributed by atoms with Crippen molar-refractivity contribution in [3.05, 3.63) is 59.2 Å². The third-order valence-corrected chi connectivity index (χ3v) is 3.17. The molecule has 0 spiro atoms. The van der Waals surface area contributed by atoms with E-state index in [4.69, 9.17) is 4.74 Å². The number of nitrogens with one attached hydrogen (secondary N) is 1. The van der Waals surface area contributed by atoms with Gasteiger partial charge in [0.25, 0.3) is 0 Å². The molecule has 0 aliphatic heterocycles. The van der Waals surface area contributed by atoms with Crippen LogP contribution in [0.25, 0.3) is 0 Å². The number of methoxy groups -OCH3 is 1. The second-order valence-electron chi connectivity index (χ2n) is 4.67. The Balaban J connectivity index is 2.48. The normalized spacial score (nSPS) is 12.2. The van der Waals surface area contributed by atoms with Crippen LogP contribution in [0.1, 0.15) is 29.7 Å². The second kappa shape index (κ2) is 6.48. The fourth-order valence-electron chi connectivity index (χ4n) is 2.25. The minimum atomic E-state index is -0.337. The van der Waals surface area contributed by atoms with E-state index >= 15 is 0 Å². The number of hydrogen-bond donors (Lipinski definition) is 1. The number of pyridine rings is 1. The molecule has 3 nitrogen and oxygen atoms in total. The summed E-state index contributed by atoms with van der Waals surface area (Å²) >= 11 is 0. The number of benzene rings is 1. The Morgan fingerprint density at radius 1 is 1.30 bits per heavy atom. The molecule has 0 bridgehead atoms. The Morgan fingerprint density at radius 2 is 2.10 bits per heavy atom. The smallest absolute Gasteiger partial charge is 0.141 e. The van der Waals surface area contributed by atoms with Crippen LogP contribution in [0.4, 0.5) is 4.39 Å². The van der Waals surface area contributed by atoms with Crippen molar-refractivity contribution in [2.45, 2.75) is 19.9 Å². The largest absolute Gasteiger partial charge is 0.496 e. The third kappa shape index (κ3) is 3.14. The molecule has 1 atom stereocenters. The minimum Gasteiger partial charge on any atom is -0.496 e. The Morgan fingerprint density at radius 3 is 2.75 bits per heavy atom. The van der Waals surface area contributed by atoms with E-state index in [1.165, 1.54) is 12.3 Å². The second-order valence-corrected chi connectivity index (χ2v) is 4.67. The van der Waals surface area contributed by atoms with Gasteiger partial charge in [0.15, 0.2) is 0 Å². The molecular weight excluding hydrogens is 255 g/mol. The highest BCUT2D eigenvalue weighted by atomic mass is 19.1. The number of nitrogens with zero attached hydrogens (tertiary/aromatic N) is 1. The fourth-order valence-corrected chi connectivity index (χ4v) is 2.25. The molecule has 0 saturated heterocycles. The zero-order chi connectivity index (χ0) is 14.5. The summed E-state index contributed by atoms with van der Waals surface area (Å²) < 4.78 is 18.9. The summed E-state index contributed by atoms with van der Waals surface area (Å²) in [4.78, 5) is 3.93. The van der Waals surface area contributed by atoms with Crippen molar-refractivity contribution in [1.82, 2.24) is 10.3 Å². The monoisotopic (exact) mass is 274 g/mol. The van der Waals surface area contributed by atoms with Crippen LogP contribution in [0.3, 0.4) is 0 Å². The van der Waals surface area contributed by atoms with Gasteiger partial charge in [-0.3, -0.25) is 4.98 Å². The highest BCUT2D eigenvalue weighted by molar-refractivity contribution is 5.43. The highest BCUT2D eigenvalue weighted by Gasteiger charge is 2.18. The minimum absolute atomic E-state index is 0.140. The lowest BCUT2D eigenvalue weighted by Crippen LogP contribution is -2.23. The first kappa shape index (κ1) is 14.5. The lowest BCUT2D eigenvalue weighted by molar-refractivity contribution is 0.404. The molecular formula is C16H19FN2O. The zero-order valence-electron chi connectivity index (χ0n) is 12.0. The van der Waals surface area contributed by atoms with Crippen LogP contribution in [0.2, 0.25) is 0 Å². The van der Waals surface area contributed by atoms with Crippen molar-refractivity contribution >= 4 is 0 Å². The van der Waals surface area contributed by atoms with E-state index in [0.717, 1.165) is 29.0 Å². The van der Waals surface area contributed by atoms with Crippen molar-refractivity contribution in [3.63, 3.8) is 0 Å². The molecule has 0 radical (unpaired) electrons.